The van der Waals surface area contributed by atoms with Crippen molar-refractivity contribution in [2.24, 2.45) is 0 Å². The summed E-state index contributed by atoms with van der Waals surface area (Å²) in [6.45, 7) is 2.06. The monoisotopic (exact) mass is 314 g/mol. The molecule has 1 heterocycles. The van der Waals surface area contributed by atoms with E-state index in [9.17, 15) is 9.50 Å². The predicted octanol–water partition coefficient (Wildman–Crippen LogP) is 4.29. The third-order valence-electron chi connectivity index (χ3n) is 2.56. The first-order chi connectivity index (χ1) is 8.11. The second-order valence-electron chi connectivity index (χ2n) is 3.73. The van der Waals surface area contributed by atoms with Crippen LogP contribution in [-0.2, 0) is 6.42 Å². The highest BCUT2D eigenvalue weighted by molar-refractivity contribution is 9.10. The summed E-state index contributed by atoms with van der Waals surface area (Å²) >= 11 is 4.72. The van der Waals surface area contributed by atoms with Gasteiger partial charge in [0.15, 0.2) is 0 Å². The van der Waals surface area contributed by atoms with E-state index in [4.69, 9.17) is 0 Å². The number of aryl methyl sites for hydroxylation is 1. The van der Waals surface area contributed by atoms with Crippen molar-refractivity contribution in [2.45, 2.75) is 19.4 Å². The molecule has 4 heteroatoms. The Kier molecular flexibility index (Phi) is 3.97. The summed E-state index contributed by atoms with van der Waals surface area (Å²) < 4.78 is 14.4. The molecule has 0 bridgehead atoms. The Balaban J connectivity index is 2.33. The van der Waals surface area contributed by atoms with E-state index in [2.05, 4.69) is 22.9 Å². The smallest absolute Gasteiger partial charge is 0.130 e. The molecule has 0 saturated heterocycles. The number of thiophene rings is 1. The summed E-state index contributed by atoms with van der Waals surface area (Å²) in [4.78, 5) is 1.97. The Morgan fingerprint density at radius 1 is 1.35 bits per heavy atom. The normalized spacial score (nSPS) is 12.7. The number of benzene rings is 1. The van der Waals surface area contributed by atoms with Gasteiger partial charge in [-0.3, -0.25) is 0 Å². The number of aliphatic hydroxyl groups excluding tert-OH is 1. The molecule has 1 nitrogen and oxygen atoms in total. The number of rotatable bonds is 3. The van der Waals surface area contributed by atoms with E-state index < -0.39 is 11.9 Å². The van der Waals surface area contributed by atoms with Crippen LogP contribution in [0.3, 0.4) is 0 Å². The van der Waals surface area contributed by atoms with Crippen LogP contribution in [0.25, 0.3) is 0 Å². The summed E-state index contributed by atoms with van der Waals surface area (Å²) in [6.07, 6.45) is 0.0496. The fourth-order valence-corrected chi connectivity index (χ4v) is 2.90. The molecule has 90 valence electrons. The van der Waals surface area contributed by atoms with Gasteiger partial charge in [-0.05, 0) is 30.7 Å². The van der Waals surface area contributed by atoms with Gasteiger partial charge in [0.1, 0.15) is 11.9 Å². The zero-order valence-electron chi connectivity index (χ0n) is 9.28. The van der Waals surface area contributed by atoms with E-state index in [1.54, 1.807) is 12.1 Å². The summed E-state index contributed by atoms with van der Waals surface area (Å²) in [5.41, 5.74) is 0.317. The zero-order valence-corrected chi connectivity index (χ0v) is 11.7. The highest BCUT2D eigenvalue weighted by Gasteiger charge is 2.16. The molecular weight excluding hydrogens is 303 g/mol. The maximum absolute atomic E-state index is 13.7. The molecule has 0 fully saturated rings. The third kappa shape index (κ3) is 2.76. The Morgan fingerprint density at radius 2 is 2.12 bits per heavy atom. The molecule has 1 aromatic heterocycles. The fraction of sp³-hybridized carbons (Fsp3) is 0.231. The molecule has 1 aromatic carbocycles. The highest BCUT2D eigenvalue weighted by Crippen LogP contribution is 2.31. The standard InChI is InChI=1S/C13H12BrFOS/c1-2-9-4-6-12(17-9)13(16)10-5-3-8(14)7-11(10)15/h3-7,13,16H,2H2,1H3. The van der Waals surface area contributed by atoms with Crippen LogP contribution >= 0.6 is 27.3 Å². The molecule has 0 aliphatic carbocycles. The lowest BCUT2D eigenvalue weighted by molar-refractivity contribution is 0.218. The van der Waals surface area contributed by atoms with Crippen molar-refractivity contribution < 1.29 is 9.50 Å². The molecule has 0 radical (unpaired) electrons. The molecule has 1 N–H and O–H groups in total. The second kappa shape index (κ2) is 5.29. The summed E-state index contributed by atoms with van der Waals surface area (Å²) in [7, 11) is 0. The summed E-state index contributed by atoms with van der Waals surface area (Å²) in [5, 5.41) is 10.1. The minimum absolute atomic E-state index is 0.317. The average molecular weight is 315 g/mol. The molecule has 1 unspecified atom stereocenters. The molecule has 17 heavy (non-hydrogen) atoms. The van der Waals surface area contributed by atoms with Gasteiger partial charge in [0.2, 0.25) is 0 Å². The molecular formula is C13H12BrFOS. The second-order valence-corrected chi connectivity index (χ2v) is 5.84. The minimum atomic E-state index is -0.881. The maximum atomic E-state index is 13.7. The van der Waals surface area contributed by atoms with E-state index in [0.29, 0.717) is 10.0 Å². The van der Waals surface area contributed by atoms with Gasteiger partial charge in [-0.2, -0.15) is 0 Å². The van der Waals surface area contributed by atoms with Crippen LogP contribution in [0.15, 0.2) is 34.8 Å². The van der Waals surface area contributed by atoms with Crippen LogP contribution in [-0.4, -0.2) is 5.11 Å². The van der Waals surface area contributed by atoms with Crippen LogP contribution in [0, 0.1) is 5.82 Å². The first-order valence-electron chi connectivity index (χ1n) is 5.33. The van der Waals surface area contributed by atoms with Gasteiger partial charge in [-0.25, -0.2) is 4.39 Å². The molecule has 0 aliphatic rings. The number of hydrogen-bond acceptors (Lipinski definition) is 2. The van der Waals surface area contributed by atoms with Gasteiger partial charge in [-0.1, -0.05) is 28.9 Å². The molecule has 0 spiro atoms. The quantitative estimate of drug-likeness (QED) is 0.895. The zero-order chi connectivity index (χ0) is 12.4. The topological polar surface area (TPSA) is 20.2 Å². The van der Waals surface area contributed by atoms with Gasteiger partial charge in [0.05, 0.1) is 0 Å². The first kappa shape index (κ1) is 12.7. The van der Waals surface area contributed by atoms with Crippen molar-refractivity contribution in [1.82, 2.24) is 0 Å². The Morgan fingerprint density at radius 3 is 2.71 bits per heavy atom. The van der Waals surface area contributed by atoms with Gasteiger partial charge >= 0.3 is 0 Å². The molecule has 0 amide bonds. The minimum Gasteiger partial charge on any atom is -0.383 e. The van der Waals surface area contributed by atoms with Crippen LogP contribution in [0.2, 0.25) is 0 Å². The molecule has 2 rings (SSSR count). The van der Waals surface area contributed by atoms with E-state index in [1.807, 2.05) is 12.1 Å². The Bertz CT molecular complexity index is 524. The van der Waals surface area contributed by atoms with Crippen molar-refractivity contribution in [2.75, 3.05) is 0 Å². The van der Waals surface area contributed by atoms with Gasteiger partial charge in [-0.15, -0.1) is 11.3 Å². The predicted molar refractivity (Wildman–Crippen MR) is 71.9 cm³/mol. The van der Waals surface area contributed by atoms with Crippen molar-refractivity contribution >= 4 is 27.3 Å². The van der Waals surface area contributed by atoms with Crippen molar-refractivity contribution in [3.63, 3.8) is 0 Å². The summed E-state index contributed by atoms with van der Waals surface area (Å²) in [6, 6.07) is 8.54. The van der Waals surface area contributed by atoms with Crippen molar-refractivity contribution in [3.8, 4) is 0 Å². The first-order valence-corrected chi connectivity index (χ1v) is 6.94. The van der Waals surface area contributed by atoms with Crippen LogP contribution < -0.4 is 0 Å². The number of aliphatic hydroxyl groups is 1. The van der Waals surface area contributed by atoms with Crippen LogP contribution in [0.4, 0.5) is 4.39 Å². The SMILES string of the molecule is CCc1ccc(C(O)c2ccc(Br)cc2F)s1. The van der Waals surface area contributed by atoms with E-state index in [0.717, 1.165) is 11.3 Å². The molecule has 1 atom stereocenters. The van der Waals surface area contributed by atoms with E-state index >= 15 is 0 Å². The molecule has 2 aromatic rings. The van der Waals surface area contributed by atoms with Crippen LogP contribution in [0.1, 0.15) is 28.3 Å². The van der Waals surface area contributed by atoms with Crippen LogP contribution in [0.5, 0.6) is 0 Å². The van der Waals surface area contributed by atoms with Crippen molar-refractivity contribution in [1.29, 1.82) is 0 Å². The Labute approximate surface area is 112 Å². The summed E-state index contributed by atoms with van der Waals surface area (Å²) in [5.74, 6) is -0.390. The lowest BCUT2D eigenvalue weighted by atomic mass is 10.1. The highest BCUT2D eigenvalue weighted by atomic mass is 79.9. The van der Waals surface area contributed by atoms with Gasteiger partial charge in [0, 0.05) is 19.8 Å². The lowest BCUT2D eigenvalue weighted by Gasteiger charge is -2.10. The Hall–Kier alpha value is -0.710. The largest absolute Gasteiger partial charge is 0.383 e. The van der Waals surface area contributed by atoms with Gasteiger partial charge < -0.3 is 5.11 Å². The third-order valence-corrected chi connectivity index (χ3v) is 4.33. The molecule has 0 aliphatic heterocycles. The number of hydrogen-bond donors (Lipinski definition) is 1. The van der Waals surface area contributed by atoms with E-state index in [1.165, 1.54) is 22.3 Å². The number of halogens is 2. The average Bonchev–Trinajstić information content (AvgIpc) is 2.76. The fourth-order valence-electron chi connectivity index (χ4n) is 1.61. The van der Waals surface area contributed by atoms with Gasteiger partial charge in [0.25, 0.3) is 0 Å². The van der Waals surface area contributed by atoms with E-state index in [-0.39, 0.29) is 0 Å². The molecule has 0 saturated carbocycles. The maximum Gasteiger partial charge on any atom is 0.130 e. The lowest BCUT2D eigenvalue weighted by Crippen LogP contribution is -2.00. The van der Waals surface area contributed by atoms with Crippen molar-refractivity contribution in [3.05, 3.63) is 55.9 Å².